The van der Waals surface area contributed by atoms with Crippen molar-refractivity contribution in [2.45, 2.75) is 12.8 Å². The van der Waals surface area contributed by atoms with Gasteiger partial charge in [-0.25, -0.2) is 8.78 Å². The molecule has 0 amide bonds. The number of nitro groups is 1. The summed E-state index contributed by atoms with van der Waals surface area (Å²) in [5.74, 6) is -1.38. The van der Waals surface area contributed by atoms with E-state index in [0.29, 0.717) is 0 Å². The lowest BCUT2D eigenvalue weighted by atomic mass is 10.1. The van der Waals surface area contributed by atoms with Crippen molar-refractivity contribution in [3.05, 3.63) is 33.5 Å². The van der Waals surface area contributed by atoms with Gasteiger partial charge in [-0.2, -0.15) is 0 Å². The summed E-state index contributed by atoms with van der Waals surface area (Å²) < 4.78 is 29.4. The van der Waals surface area contributed by atoms with Crippen LogP contribution in [0.4, 0.5) is 14.6 Å². The second kappa shape index (κ2) is 5.28. The number of hydrogen-bond acceptors (Lipinski definition) is 5. The van der Waals surface area contributed by atoms with Gasteiger partial charge in [-0.05, 0) is 16.0 Å². The van der Waals surface area contributed by atoms with Crippen molar-refractivity contribution in [2.24, 2.45) is 0 Å². The van der Waals surface area contributed by atoms with E-state index in [2.05, 4.69) is 9.72 Å². The molecular formula is C9H8F2N2O4. The Balaban J connectivity index is 3.15. The van der Waals surface area contributed by atoms with Crippen LogP contribution in [0.1, 0.15) is 17.7 Å². The number of carbonyl (C=O) groups excluding carboxylic acids is 1. The van der Waals surface area contributed by atoms with Crippen molar-refractivity contribution < 1.29 is 23.2 Å². The number of nitrogens with zero attached hydrogens (tertiary/aromatic N) is 2. The highest BCUT2D eigenvalue weighted by atomic mass is 19.3. The van der Waals surface area contributed by atoms with E-state index in [1.54, 1.807) is 0 Å². The maximum absolute atomic E-state index is 12.6. The van der Waals surface area contributed by atoms with Crippen molar-refractivity contribution in [3.8, 4) is 0 Å². The predicted molar refractivity (Wildman–Crippen MR) is 51.6 cm³/mol. The van der Waals surface area contributed by atoms with Gasteiger partial charge in [0.2, 0.25) is 0 Å². The third kappa shape index (κ3) is 3.16. The van der Waals surface area contributed by atoms with E-state index in [1.165, 1.54) is 0 Å². The van der Waals surface area contributed by atoms with Gasteiger partial charge in [-0.1, -0.05) is 0 Å². The smallest absolute Gasteiger partial charge is 0.363 e. The highest BCUT2D eigenvalue weighted by molar-refractivity contribution is 5.72. The molecule has 6 nitrogen and oxygen atoms in total. The third-order valence-electron chi connectivity index (χ3n) is 1.96. The van der Waals surface area contributed by atoms with Crippen LogP contribution in [0.3, 0.4) is 0 Å². The Morgan fingerprint density at radius 1 is 1.59 bits per heavy atom. The minimum Gasteiger partial charge on any atom is -0.469 e. The number of pyridine rings is 1. The molecule has 8 heteroatoms. The highest BCUT2D eigenvalue weighted by Gasteiger charge is 2.23. The molecule has 0 saturated heterocycles. The summed E-state index contributed by atoms with van der Waals surface area (Å²) in [6.07, 6.45) is -3.39. The van der Waals surface area contributed by atoms with Crippen LogP contribution in [0.25, 0.3) is 0 Å². The van der Waals surface area contributed by atoms with Gasteiger partial charge in [0.15, 0.2) is 5.69 Å². The first-order valence-electron chi connectivity index (χ1n) is 4.45. The molecule has 0 fully saturated rings. The Kier molecular flexibility index (Phi) is 4.02. The van der Waals surface area contributed by atoms with Gasteiger partial charge in [-0.15, -0.1) is 0 Å². The molecule has 0 aromatic carbocycles. The first-order valence-corrected chi connectivity index (χ1v) is 4.45. The van der Waals surface area contributed by atoms with Gasteiger partial charge < -0.3 is 14.9 Å². The molecule has 0 bridgehead atoms. The molecule has 17 heavy (non-hydrogen) atoms. The molecule has 92 valence electrons. The van der Waals surface area contributed by atoms with Crippen LogP contribution in [-0.4, -0.2) is 23.0 Å². The highest BCUT2D eigenvalue weighted by Crippen LogP contribution is 2.24. The number of alkyl halides is 2. The van der Waals surface area contributed by atoms with E-state index in [1.807, 2.05) is 0 Å². The number of rotatable bonds is 4. The van der Waals surface area contributed by atoms with Crippen LogP contribution in [0.2, 0.25) is 0 Å². The lowest BCUT2D eigenvalue weighted by Crippen LogP contribution is -2.10. The van der Waals surface area contributed by atoms with E-state index >= 15 is 0 Å². The molecular weight excluding hydrogens is 238 g/mol. The third-order valence-corrected chi connectivity index (χ3v) is 1.96. The first kappa shape index (κ1) is 12.9. The summed E-state index contributed by atoms with van der Waals surface area (Å²) in [6.45, 7) is 0. The summed E-state index contributed by atoms with van der Waals surface area (Å²) in [5.41, 5.74) is -0.859. The molecule has 1 aromatic heterocycles. The zero-order valence-electron chi connectivity index (χ0n) is 8.72. The molecule has 0 unspecified atom stereocenters. The predicted octanol–water partition coefficient (Wildman–Crippen LogP) is 1.64. The van der Waals surface area contributed by atoms with Crippen molar-refractivity contribution >= 4 is 11.8 Å². The van der Waals surface area contributed by atoms with Crippen molar-refractivity contribution in [2.75, 3.05) is 7.11 Å². The molecule has 0 N–H and O–H groups in total. The number of ether oxygens (including phenoxy) is 1. The summed E-state index contributed by atoms with van der Waals surface area (Å²) in [6, 6.07) is 1.75. The van der Waals surface area contributed by atoms with Crippen LogP contribution in [0.5, 0.6) is 0 Å². The van der Waals surface area contributed by atoms with E-state index in [-0.39, 0.29) is 5.69 Å². The van der Waals surface area contributed by atoms with Crippen LogP contribution in [0.15, 0.2) is 12.1 Å². The quantitative estimate of drug-likeness (QED) is 0.458. The molecule has 0 aliphatic heterocycles. The zero-order chi connectivity index (χ0) is 13.0. The summed E-state index contributed by atoms with van der Waals surface area (Å²) in [4.78, 5) is 24.0. The van der Waals surface area contributed by atoms with Gasteiger partial charge in [-0.3, -0.25) is 4.79 Å². The van der Waals surface area contributed by atoms with Gasteiger partial charge >= 0.3 is 11.8 Å². The summed E-state index contributed by atoms with van der Waals surface area (Å²) in [7, 11) is 1.09. The molecule has 0 spiro atoms. The molecule has 1 heterocycles. The Morgan fingerprint density at radius 2 is 2.24 bits per heavy atom. The molecule has 0 aliphatic rings. The Labute approximate surface area is 94.4 Å². The number of aromatic nitrogens is 1. The van der Waals surface area contributed by atoms with Gasteiger partial charge in [0.1, 0.15) is 6.42 Å². The van der Waals surface area contributed by atoms with Crippen LogP contribution >= 0.6 is 0 Å². The average Bonchev–Trinajstić information content (AvgIpc) is 2.28. The molecule has 1 aromatic rings. The van der Waals surface area contributed by atoms with E-state index in [9.17, 15) is 23.7 Å². The minimum atomic E-state index is -2.86. The maximum atomic E-state index is 12.6. The largest absolute Gasteiger partial charge is 0.469 e. The number of methoxy groups -OCH3 is 1. The average molecular weight is 246 g/mol. The monoisotopic (exact) mass is 246 g/mol. The van der Waals surface area contributed by atoms with E-state index < -0.39 is 35.1 Å². The second-order valence-electron chi connectivity index (χ2n) is 3.02. The number of hydrogen-bond donors (Lipinski definition) is 0. The van der Waals surface area contributed by atoms with E-state index in [0.717, 1.165) is 19.2 Å². The van der Waals surface area contributed by atoms with Gasteiger partial charge in [0, 0.05) is 6.07 Å². The fraction of sp³-hybridized carbons (Fsp3) is 0.333. The lowest BCUT2D eigenvalue weighted by molar-refractivity contribution is -0.389. The Morgan fingerprint density at radius 3 is 2.71 bits per heavy atom. The molecule has 0 radical (unpaired) electrons. The Hall–Kier alpha value is -2.12. The minimum absolute atomic E-state index is 0.346. The maximum Gasteiger partial charge on any atom is 0.363 e. The van der Waals surface area contributed by atoms with Crippen molar-refractivity contribution in [1.29, 1.82) is 0 Å². The van der Waals surface area contributed by atoms with Crippen LogP contribution in [-0.2, 0) is 16.0 Å². The topological polar surface area (TPSA) is 82.3 Å². The fourth-order valence-corrected chi connectivity index (χ4v) is 1.15. The zero-order valence-corrected chi connectivity index (χ0v) is 8.72. The number of esters is 1. The molecule has 0 atom stereocenters. The second-order valence-corrected chi connectivity index (χ2v) is 3.02. The SMILES string of the molecule is COC(=O)Cc1nc([N+](=O)[O-])ccc1C(F)F. The lowest BCUT2D eigenvalue weighted by Gasteiger charge is -2.03. The normalized spacial score (nSPS) is 10.4. The van der Waals surface area contributed by atoms with E-state index in [4.69, 9.17) is 0 Å². The van der Waals surface area contributed by atoms with Crippen molar-refractivity contribution in [1.82, 2.24) is 4.98 Å². The number of carbonyl (C=O) groups is 1. The van der Waals surface area contributed by atoms with Crippen LogP contribution in [0, 0.1) is 10.1 Å². The van der Waals surface area contributed by atoms with Gasteiger partial charge in [0.25, 0.3) is 6.43 Å². The molecule has 1 rings (SSSR count). The van der Waals surface area contributed by atoms with Crippen LogP contribution < -0.4 is 0 Å². The first-order chi connectivity index (χ1) is 7.95. The standard InChI is InChI=1S/C9H8F2N2O4/c1-17-8(14)4-6-5(9(10)11)2-3-7(12-6)13(15)16/h2-3,9H,4H2,1H3. The van der Waals surface area contributed by atoms with Crippen molar-refractivity contribution in [3.63, 3.8) is 0 Å². The molecule has 0 saturated carbocycles. The fourth-order valence-electron chi connectivity index (χ4n) is 1.15. The van der Waals surface area contributed by atoms with Gasteiger partial charge in [0.05, 0.1) is 12.7 Å². The summed E-state index contributed by atoms with van der Waals surface area (Å²) >= 11 is 0. The molecule has 0 aliphatic carbocycles. The Bertz CT molecular complexity index is 451. The number of halogens is 2. The summed E-state index contributed by atoms with van der Waals surface area (Å²) in [5, 5.41) is 10.4.